The quantitative estimate of drug-likeness (QED) is 0.743. The average Bonchev–Trinajstić information content (AvgIpc) is 3.02. The lowest BCUT2D eigenvalue weighted by Gasteiger charge is -2.20. The standard InChI is InChI=1S/C17H17N5O/c1-3-21(14-7-5-4-6-8-14)17(23)15-9-10-16(20-19-15)22-12-11-18-13(22)2/h4-12H,3H2,1-2H3. The van der Waals surface area contributed by atoms with Crippen LogP contribution >= 0.6 is 0 Å². The molecule has 1 aromatic carbocycles. The summed E-state index contributed by atoms with van der Waals surface area (Å²) in [6, 6.07) is 13.0. The van der Waals surface area contributed by atoms with Crippen LogP contribution in [0.1, 0.15) is 23.2 Å². The number of amides is 1. The second kappa shape index (κ2) is 6.39. The smallest absolute Gasteiger partial charge is 0.278 e. The van der Waals surface area contributed by atoms with Gasteiger partial charge in [0, 0.05) is 24.6 Å². The van der Waals surface area contributed by atoms with Gasteiger partial charge in [0.2, 0.25) is 0 Å². The molecular weight excluding hydrogens is 290 g/mol. The van der Waals surface area contributed by atoms with Crippen molar-refractivity contribution in [3.05, 3.63) is 66.4 Å². The maximum atomic E-state index is 12.6. The molecule has 116 valence electrons. The average molecular weight is 307 g/mol. The van der Waals surface area contributed by atoms with Crippen LogP contribution < -0.4 is 4.90 Å². The third-order valence-corrected chi connectivity index (χ3v) is 3.57. The van der Waals surface area contributed by atoms with E-state index in [0.29, 0.717) is 18.1 Å². The molecule has 0 aliphatic rings. The third kappa shape index (κ3) is 2.96. The first-order valence-electron chi connectivity index (χ1n) is 7.41. The van der Waals surface area contributed by atoms with E-state index >= 15 is 0 Å². The predicted octanol–water partition coefficient (Wildman–Crippen LogP) is 2.64. The van der Waals surface area contributed by atoms with Crippen molar-refractivity contribution in [3.8, 4) is 5.82 Å². The fraction of sp³-hybridized carbons (Fsp3) is 0.176. The largest absolute Gasteiger partial charge is 0.307 e. The molecule has 0 unspecified atom stereocenters. The van der Waals surface area contributed by atoms with E-state index in [1.807, 2.05) is 54.9 Å². The Labute approximate surface area is 134 Å². The van der Waals surface area contributed by atoms with E-state index in [9.17, 15) is 4.79 Å². The lowest BCUT2D eigenvalue weighted by molar-refractivity contribution is 0.0982. The summed E-state index contributed by atoms with van der Waals surface area (Å²) in [5.74, 6) is 1.29. The highest BCUT2D eigenvalue weighted by molar-refractivity contribution is 6.04. The van der Waals surface area contributed by atoms with E-state index < -0.39 is 0 Å². The number of imidazole rings is 1. The summed E-state index contributed by atoms with van der Waals surface area (Å²) in [5, 5.41) is 8.22. The minimum absolute atomic E-state index is 0.167. The second-order valence-corrected chi connectivity index (χ2v) is 5.01. The van der Waals surface area contributed by atoms with Gasteiger partial charge >= 0.3 is 0 Å². The van der Waals surface area contributed by atoms with Crippen molar-refractivity contribution in [1.82, 2.24) is 19.7 Å². The SMILES string of the molecule is CCN(C(=O)c1ccc(-n2ccnc2C)nn1)c1ccccc1. The Bertz CT molecular complexity index is 795. The topological polar surface area (TPSA) is 63.9 Å². The highest BCUT2D eigenvalue weighted by Gasteiger charge is 2.18. The minimum atomic E-state index is -0.167. The molecule has 3 rings (SSSR count). The molecular formula is C17H17N5O. The lowest BCUT2D eigenvalue weighted by Crippen LogP contribution is -2.31. The molecule has 6 heteroatoms. The molecule has 0 bridgehead atoms. The molecule has 0 radical (unpaired) electrons. The Kier molecular flexibility index (Phi) is 4.14. The number of carbonyl (C=O) groups excluding carboxylic acids is 1. The van der Waals surface area contributed by atoms with Crippen LogP contribution in [-0.2, 0) is 0 Å². The van der Waals surface area contributed by atoms with Gasteiger partial charge in [-0.2, -0.15) is 0 Å². The molecule has 3 aromatic rings. The van der Waals surface area contributed by atoms with E-state index in [1.165, 1.54) is 0 Å². The van der Waals surface area contributed by atoms with Crippen LogP contribution in [0.15, 0.2) is 54.9 Å². The van der Waals surface area contributed by atoms with Crippen LogP contribution in [-0.4, -0.2) is 32.2 Å². The van der Waals surface area contributed by atoms with Gasteiger partial charge in [-0.1, -0.05) is 18.2 Å². The summed E-state index contributed by atoms with van der Waals surface area (Å²) < 4.78 is 1.82. The van der Waals surface area contributed by atoms with E-state index in [2.05, 4.69) is 15.2 Å². The number of aromatic nitrogens is 4. The Balaban J connectivity index is 1.86. The molecule has 2 heterocycles. The zero-order valence-corrected chi connectivity index (χ0v) is 13.0. The van der Waals surface area contributed by atoms with Crippen LogP contribution in [0.3, 0.4) is 0 Å². The van der Waals surface area contributed by atoms with E-state index in [0.717, 1.165) is 11.5 Å². The normalized spacial score (nSPS) is 10.5. The summed E-state index contributed by atoms with van der Waals surface area (Å²) in [4.78, 5) is 18.5. The molecule has 0 saturated heterocycles. The first-order valence-corrected chi connectivity index (χ1v) is 7.41. The molecule has 0 N–H and O–H groups in total. The Morgan fingerprint density at radius 3 is 2.48 bits per heavy atom. The van der Waals surface area contributed by atoms with E-state index in [1.54, 1.807) is 23.2 Å². The second-order valence-electron chi connectivity index (χ2n) is 5.01. The molecule has 0 saturated carbocycles. The molecule has 0 aliphatic carbocycles. The van der Waals surface area contributed by atoms with Gasteiger partial charge in [-0.15, -0.1) is 10.2 Å². The molecule has 0 aliphatic heterocycles. The first-order chi connectivity index (χ1) is 11.2. The van der Waals surface area contributed by atoms with Crippen LogP contribution in [0.5, 0.6) is 0 Å². The Hall–Kier alpha value is -3.02. The Morgan fingerprint density at radius 1 is 1.13 bits per heavy atom. The van der Waals surface area contributed by atoms with Crippen LogP contribution in [0.4, 0.5) is 5.69 Å². The van der Waals surface area contributed by atoms with Crippen molar-refractivity contribution in [2.45, 2.75) is 13.8 Å². The van der Waals surface area contributed by atoms with Crippen molar-refractivity contribution in [1.29, 1.82) is 0 Å². The number of hydrogen-bond donors (Lipinski definition) is 0. The zero-order valence-electron chi connectivity index (χ0n) is 13.0. The number of nitrogens with zero attached hydrogens (tertiary/aromatic N) is 5. The van der Waals surface area contributed by atoms with Gasteiger partial charge in [0.25, 0.3) is 5.91 Å². The minimum Gasteiger partial charge on any atom is -0.307 e. The van der Waals surface area contributed by atoms with Crippen LogP contribution in [0.25, 0.3) is 5.82 Å². The number of benzene rings is 1. The summed E-state index contributed by atoms with van der Waals surface area (Å²) in [6.07, 6.45) is 3.51. The molecule has 6 nitrogen and oxygen atoms in total. The molecule has 0 atom stereocenters. The van der Waals surface area contributed by atoms with E-state index in [4.69, 9.17) is 0 Å². The third-order valence-electron chi connectivity index (χ3n) is 3.57. The molecule has 1 amide bonds. The fourth-order valence-electron chi connectivity index (χ4n) is 2.38. The molecule has 0 fully saturated rings. The fourth-order valence-corrected chi connectivity index (χ4v) is 2.38. The van der Waals surface area contributed by atoms with Crippen LogP contribution in [0.2, 0.25) is 0 Å². The molecule has 2 aromatic heterocycles. The van der Waals surface area contributed by atoms with Gasteiger partial charge in [-0.05, 0) is 38.1 Å². The number of para-hydroxylation sites is 1. The maximum absolute atomic E-state index is 12.6. The predicted molar refractivity (Wildman–Crippen MR) is 87.7 cm³/mol. The maximum Gasteiger partial charge on any atom is 0.278 e. The number of carbonyl (C=O) groups is 1. The number of aryl methyl sites for hydroxylation is 1. The van der Waals surface area contributed by atoms with Crippen molar-refractivity contribution < 1.29 is 4.79 Å². The number of anilines is 1. The van der Waals surface area contributed by atoms with Crippen molar-refractivity contribution in [3.63, 3.8) is 0 Å². The van der Waals surface area contributed by atoms with Crippen LogP contribution in [0, 0.1) is 6.92 Å². The molecule has 23 heavy (non-hydrogen) atoms. The molecule has 0 spiro atoms. The number of rotatable bonds is 4. The van der Waals surface area contributed by atoms with E-state index in [-0.39, 0.29) is 5.91 Å². The summed E-state index contributed by atoms with van der Waals surface area (Å²) >= 11 is 0. The van der Waals surface area contributed by atoms with Gasteiger partial charge in [0.05, 0.1) is 0 Å². The lowest BCUT2D eigenvalue weighted by atomic mass is 10.2. The van der Waals surface area contributed by atoms with Gasteiger partial charge in [0.1, 0.15) is 5.82 Å². The van der Waals surface area contributed by atoms with Crippen molar-refractivity contribution in [2.75, 3.05) is 11.4 Å². The zero-order chi connectivity index (χ0) is 16.2. The van der Waals surface area contributed by atoms with Gasteiger partial charge in [-0.3, -0.25) is 9.36 Å². The highest BCUT2D eigenvalue weighted by Crippen LogP contribution is 2.16. The van der Waals surface area contributed by atoms with Crippen molar-refractivity contribution >= 4 is 11.6 Å². The monoisotopic (exact) mass is 307 g/mol. The summed E-state index contributed by atoms with van der Waals surface area (Å²) in [6.45, 7) is 4.38. The highest BCUT2D eigenvalue weighted by atomic mass is 16.2. The first kappa shape index (κ1) is 14.9. The summed E-state index contributed by atoms with van der Waals surface area (Å²) in [7, 11) is 0. The Morgan fingerprint density at radius 2 is 1.91 bits per heavy atom. The van der Waals surface area contributed by atoms with Gasteiger partial charge < -0.3 is 4.90 Å². The summed E-state index contributed by atoms with van der Waals surface area (Å²) in [5.41, 5.74) is 1.16. The number of hydrogen-bond acceptors (Lipinski definition) is 4. The van der Waals surface area contributed by atoms with Crippen molar-refractivity contribution in [2.24, 2.45) is 0 Å². The van der Waals surface area contributed by atoms with Gasteiger partial charge in [0.15, 0.2) is 11.5 Å². The van der Waals surface area contributed by atoms with Gasteiger partial charge in [-0.25, -0.2) is 4.98 Å².